The molecule has 0 atom stereocenters. The standard InChI is InChI=1S/C13H20O/c1-6-7-8-9-10(14)11-12(2,3)13(11,4)5/h1,11H,7-9H2,2-5H3. The molecule has 0 aromatic rings. The Kier molecular flexibility index (Phi) is 2.76. The van der Waals surface area contributed by atoms with E-state index in [1.54, 1.807) is 0 Å². The van der Waals surface area contributed by atoms with Crippen molar-refractivity contribution >= 4 is 5.78 Å². The summed E-state index contributed by atoms with van der Waals surface area (Å²) in [7, 11) is 0. The molecule has 1 heteroatoms. The van der Waals surface area contributed by atoms with Crippen LogP contribution >= 0.6 is 0 Å². The summed E-state index contributed by atoms with van der Waals surface area (Å²) in [6.45, 7) is 8.71. The highest BCUT2D eigenvalue weighted by Gasteiger charge is 2.67. The number of unbranched alkanes of at least 4 members (excludes halogenated alkanes) is 1. The SMILES string of the molecule is C#CCCCC(=O)C1C(C)(C)C1(C)C. The van der Waals surface area contributed by atoms with E-state index in [1.165, 1.54) is 0 Å². The molecule has 1 saturated carbocycles. The third kappa shape index (κ3) is 1.59. The first-order valence-corrected chi connectivity index (χ1v) is 5.32. The van der Waals surface area contributed by atoms with Gasteiger partial charge in [-0.3, -0.25) is 4.79 Å². The van der Waals surface area contributed by atoms with Crippen LogP contribution in [0.2, 0.25) is 0 Å². The fourth-order valence-electron chi connectivity index (χ4n) is 2.51. The van der Waals surface area contributed by atoms with Crippen molar-refractivity contribution in [2.24, 2.45) is 16.7 Å². The van der Waals surface area contributed by atoms with E-state index < -0.39 is 0 Å². The lowest BCUT2D eigenvalue weighted by Gasteiger charge is -2.03. The van der Waals surface area contributed by atoms with Gasteiger partial charge >= 0.3 is 0 Å². The second-order valence-electron chi connectivity index (χ2n) is 5.40. The van der Waals surface area contributed by atoms with Crippen molar-refractivity contribution in [2.45, 2.75) is 47.0 Å². The number of carbonyl (C=O) groups is 1. The molecule has 1 fully saturated rings. The second kappa shape index (κ2) is 3.42. The molecule has 0 heterocycles. The fourth-order valence-corrected chi connectivity index (χ4v) is 2.51. The molecule has 1 nitrogen and oxygen atoms in total. The first kappa shape index (κ1) is 11.3. The van der Waals surface area contributed by atoms with Crippen LogP contribution in [0.5, 0.6) is 0 Å². The van der Waals surface area contributed by atoms with Gasteiger partial charge in [-0.25, -0.2) is 0 Å². The predicted octanol–water partition coefficient (Wildman–Crippen LogP) is 3.04. The van der Waals surface area contributed by atoms with Gasteiger partial charge in [0.15, 0.2) is 0 Å². The molecule has 0 aliphatic heterocycles. The Morgan fingerprint density at radius 3 is 2.14 bits per heavy atom. The van der Waals surface area contributed by atoms with Crippen molar-refractivity contribution in [1.29, 1.82) is 0 Å². The van der Waals surface area contributed by atoms with Crippen LogP contribution in [0, 0.1) is 29.1 Å². The largest absolute Gasteiger partial charge is 0.299 e. The van der Waals surface area contributed by atoms with Crippen molar-refractivity contribution in [1.82, 2.24) is 0 Å². The number of ketones is 1. The highest BCUT2D eigenvalue weighted by molar-refractivity contribution is 5.86. The van der Waals surface area contributed by atoms with Crippen LogP contribution in [0.3, 0.4) is 0 Å². The minimum absolute atomic E-state index is 0.181. The van der Waals surface area contributed by atoms with Gasteiger partial charge in [-0.2, -0.15) is 0 Å². The van der Waals surface area contributed by atoms with Crippen LogP contribution in [0.1, 0.15) is 47.0 Å². The average molecular weight is 192 g/mol. The maximum Gasteiger partial charge on any atom is 0.137 e. The number of Topliss-reactive ketones (excluding diaryl/α,β-unsaturated/α-hetero) is 1. The third-order valence-electron chi connectivity index (χ3n) is 4.09. The van der Waals surface area contributed by atoms with Gasteiger partial charge in [0.1, 0.15) is 5.78 Å². The van der Waals surface area contributed by atoms with E-state index >= 15 is 0 Å². The molecule has 0 aromatic carbocycles. The summed E-state index contributed by atoms with van der Waals surface area (Å²) in [4.78, 5) is 11.8. The van der Waals surface area contributed by atoms with E-state index in [1.807, 2.05) is 0 Å². The molecule has 14 heavy (non-hydrogen) atoms. The zero-order chi connectivity index (χ0) is 11.0. The number of hydrogen-bond donors (Lipinski definition) is 0. The van der Waals surface area contributed by atoms with Crippen LogP contribution in [-0.4, -0.2) is 5.78 Å². The Hall–Kier alpha value is -0.770. The summed E-state index contributed by atoms with van der Waals surface area (Å²) < 4.78 is 0. The summed E-state index contributed by atoms with van der Waals surface area (Å²) in [5.74, 6) is 3.21. The average Bonchev–Trinajstić information content (AvgIpc) is 2.43. The maximum absolute atomic E-state index is 11.8. The summed E-state index contributed by atoms with van der Waals surface area (Å²) in [6, 6.07) is 0. The van der Waals surface area contributed by atoms with Crippen molar-refractivity contribution < 1.29 is 4.79 Å². The lowest BCUT2D eigenvalue weighted by atomic mass is 10.0. The van der Waals surface area contributed by atoms with E-state index in [2.05, 4.69) is 33.6 Å². The van der Waals surface area contributed by atoms with Gasteiger partial charge in [0.2, 0.25) is 0 Å². The fraction of sp³-hybridized carbons (Fsp3) is 0.769. The first-order valence-electron chi connectivity index (χ1n) is 5.32. The molecule has 0 amide bonds. The van der Waals surface area contributed by atoms with Crippen molar-refractivity contribution in [3.05, 3.63) is 0 Å². The van der Waals surface area contributed by atoms with Crippen molar-refractivity contribution in [2.75, 3.05) is 0 Å². The Balaban J connectivity index is 2.46. The molecule has 1 aliphatic carbocycles. The Morgan fingerprint density at radius 2 is 1.79 bits per heavy atom. The quantitative estimate of drug-likeness (QED) is 0.494. The van der Waals surface area contributed by atoms with Crippen molar-refractivity contribution in [3.8, 4) is 12.3 Å². The lowest BCUT2D eigenvalue weighted by molar-refractivity contribution is -0.121. The summed E-state index contributed by atoms with van der Waals surface area (Å²) in [5.41, 5.74) is 0.362. The van der Waals surface area contributed by atoms with Crippen LogP contribution in [-0.2, 0) is 4.79 Å². The Labute approximate surface area is 87.3 Å². The van der Waals surface area contributed by atoms with Gasteiger partial charge in [-0.1, -0.05) is 27.7 Å². The van der Waals surface area contributed by atoms with Gasteiger partial charge in [-0.05, 0) is 17.3 Å². The number of carbonyl (C=O) groups excluding carboxylic acids is 1. The van der Waals surface area contributed by atoms with Gasteiger partial charge < -0.3 is 0 Å². The Bertz CT molecular complexity index is 264. The monoisotopic (exact) mass is 192 g/mol. The zero-order valence-corrected chi connectivity index (χ0v) is 9.68. The number of rotatable bonds is 4. The van der Waals surface area contributed by atoms with Gasteiger partial charge in [-0.15, -0.1) is 12.3 Å². The molecule has 0 N–H and O–H groups in total. The summed E-state index contributed by atoms with van der Waals surface area (Å²) in [6.07, 6.45) is 7.37. The summed E-state index contributed by atoms with van der Waals surface area (Å²) >= 11 is 0. The lowest BCUT2D eigenvalue weighted by Crippen LogP contribution is -2.06. The van der Waals surface area contributed by atoms with Crippen LogP contribution in [0.25, 0.3) is 0 Å². The van der Waals surface area contributed by atoms with Gasteiger partial charge in [0, 0.05) is 18.8 Å². The second-order valence-corrected chi connectivity index (χ2v) is 5.40. The molecule has 0 bridgehead atoms. The molecular weight excluding hydrogens is 172 g/mol. The van der Waals surface area contributed by atoms with E-state index in [9.17, 15) is 4.79 Å². The topological polar surface area (TPSA) is 17.1 Å². The first-order chi connectivity index (χ1) is 6.35. The number of hydrogen-bond acceptors (Lipinski definition) is 1. The minimum atomic E-state index is 0.181. The smallest absolute Gasteiger partial charge is 0.137 e. The van der Waals surface area contributed by atoms with Crippen LogP contribution in [0.15, 0.2) is 0 Å². The molecule has 0 radical (unpaired) electrons. The van der Waals surface area contributed by atoms with Gasteiger partial charge in [0.25, 0.3) is 0 Å². The molecule has 0 spiro atoms. The Morgan fingerprint density at radius 1 is 1.29 bits per heavy atom. The molecular formula is C13H20O. The predicted molar refractivity (Wildman–Crippen MR) is 58.7 cm³/mol. The van der Waals surface area contributed by atoms with Crippen LogP contribution < -0.4 is 0 Å². The highest BCUT2D eigenvalue weighted by atomic mass is 16.1. The summed E-state index contributed by atoms with van der Waals surface area (Å²) in [5, 5.41) is 0. The zero-order valence-electron chi connectivity index (χ0n) is 9.68. The minimum Gasteiger partial charge on any atom is -0.299 e. The van der Waals surface area contributed by atoms with Crippen molar-refractivity contribution in [3.63, 3.8) is 0 Å². The van der Waals surface area contributed by atoms with E-state index in [0.717, 1.165) is 12.8 Å². The highest BCUT2D eigenvalue weighted by Crippen LogP contribution is 2.68. The maximum atomic E-state index is 11.8. The molecule has 0 unspecified atom stereocenters. The molecule has 1 aliphatic rings. The van der Waals surface area contributed by atoms with E-state index in [0.29, 0.717) is 12.2 Å². The molecule has 78 valence electrons. The molecule has 1 rings (SSSR count). The normalized spacial score (nSPS) is 22.8. The van der Waals surface area contributed by atoms with E-state index in [4.69, 9.17) is 6.42 Å². The van der Waals surface area contributed by atoms with Crippen LogP contribution in [0.4, 0.5) is 0 Å². The third-order valence-corrected chi connectivity index (χ3v) is 4.09. The molecule has 0 saturated heterocycles. The van der Waals surface area contributed by atoms with Gasteiger partial charge in [0.05, 0.1) is 0 Å². The molecule has 0 aromatic heterocycles. The number of terminal acetylenes is 1. The van der Waals surface area contributed by atoms with E-state index in [-0.39, 0.29) is 16.7 Å².